The standard InChI is InChI=1S/C23H26N4O/c28-23(16-27-17-24-21-8-4-5-9-22(21)27)26-14-19-10-11-20(15-26)25(13-19)12-18-6-2-1-3-7-18/h1-9,17,19-20H,10-16H2/t19-,20-/m0/s1. The monoisotopic (exact) mass is 374 g/mol. The van der Waals surface area contributed by atoms with Crippen molar-refractivity contribution in [1.82, 2.24) is 19.4 Å². The highest BCUT2D eigenvalue weighted by Crippen LogP contribution is 2.29. The Balaban J connectivity index is 1.30. The summed E-state index contributed by atoms with van der Waals surface area (Å²) < 4.78 is 1.98. The van der Waals surface area contributed by atoms with Gasteiger partial charge in [0.1, 0.15) is 6.54 Å². The molecule has 0 radical (unpaired) electrons. The summed E-state index contributed by atoms with van der Waals surface area (Å²) in [5, 5.41) is 0. The molecule has 3 fully saturated rings. The van der Waals surface area contributed by atoms with Crippen molar-refractivity contribution in [2.75, 3.05) is 19.6 Å². The van der Waals surface area contributed by atoms with Gasteiger partial charge in [-0.05, 0) is 36.5 Å². The lowest BCUT2D eigenvalue weighted by Crippen LogP contribution is -2.44. The van der Waals surface area contributed by atoms with Gasteiger partial charge in [-0.2, -0.15) is 0 Å². The van der Waals surface area contributed by atoms with Crippen molar-refractivity contribution in [1.29, 1.82) is 0 Å². The van der Waals surface area contributed by atoms with Crippen molar-refractivity contribution < 1.29 is 4.79 Å². The van der Waals surface area contributed by atoms with Crippen molar-refractivity contribution >= 4 is 16.9 Å². The van der Waals surface area contributed by atoms with E-state index in [-0.39, 0.29) is 5.91 Å². The number of benzene rings is 2. The van der Waals surface area contributed by atoms with E-state index in [9.17, 15) is 4.79 Å². The zero-order valence-electron chi connectivity index (χ0n) is 16.1. The highest BCUT2D eigenvalue weighted by atomic mass is 16.2. The predicted molar refractivity (Wildman–Crippen MR) is 110 cm³/mol. The maximum Gasteiger partial charge on any atom is 0.242 e. The highest BCUT2D eigenvalue weighted by Gasteiger charge is 2.36. The van der Waals surface area contributed by atoms with Crippen LogP contribution in [0.1, 0.15) is 18.4 Å². The van der Waals surface area contributed by atoms with Gasteiger partial charge in [-0.15, -0.1) is 0 Å². The Morgan fingerprint density at radius 1 is 0.964 bits per heavy atom. The van der Waals surface area contributed by atoms with E-state index >= 15 is 0 Å². The number of piperidine rings is 1. The number of aromatic nitrogens is 2. The van der Waals surface area contributed by atoms with Crippen molar-refractivity contribution in [3.05, 3.63) is 66.5 Å². The average Bonchev–Trinajstić information content (AvgIpc) is 2.90. The van der Waals surface area contributed by atoms with Crippen LogP contribution in [0.15, 0.2) is 60.9 Å². The van der Waals surface area contributed by atoms with Gasteiger partial charge in [0.15, 0.2) is 0 Å². The summed E-state index contributed by atoms with van der Waals surface area (Å²) in [6.07, 6.45) is 4.21. The van der Waals surface area contributed by atoms with Gasteiger partial charge in [0.05, 0.1) is 17.4 Å². The van der Waals surface area contributed by atoms with Gasteiger partial charge >= 0.3 is 0 Å². The van der Waals surface area contributed by atoms with Crippen LogP contribution in [0.5, 0.6) is 0 Å². The molecule has 2 aromatic carbocycles. The highest BCUT2D eigenvalue weighted by molar-refractivity contribution is 5.80. The van der Waals surface area contributed by atoms with Crippen LogP contribution in [0.3, 0.4) is 0 Å². The second kappa shape index (κ2) is 7.40. The fourth-order valence-corrected chi connectivity index (χ4v) is 4.78. The van der Waals surface area contributed by atoms with E-state index in [1.165, 1.54) is 18.4 Å². The molecule has 2 atom stereocenters. The molecule has 4 heterocycles. The quantitative estimate of drug-likeness (QED) is 0.704. The molecule has 5 nitrogen and oxygen atoms in total. The van der Waals surface area contributed by atoms with Crippen LogP contribution in [0.25, 0.3) is 11.0 Å². The number of imidazole rings is 1. The molecule has 0 aliphatic carbocycles. The molecular weight excluding hydrogens is 348 g/mol. The smallest absolute Gasteiger partial charge is 0.242 e. The van der Waals surface area contributed by atoms with Crippen molar-refractivity contribution in [2.45, 2.75) is 32.0 Å². The fourth-order valence-electron chi connectivity index (χ4n) is 4.78. The number of amides is 1. The lowest BCUT2D eigenvalue weighted by molar-refractivity contribution is -0.132. The SMILES string of the molecule is O=C(Cn1cnc2ccccc21)N1C[C@H]2CC[C@@H](C1)N(Cc1ccccc1)C2. The van der Waals surface area contributed by atoms with Crippen LogP contribution in [0.2, 0.25) is 0 Å². The Hall–Kier alpha value is -2.66. The number of hydrogen-bond donors (Lipinski definition) is 0. The van der Waals surface area contributed by atoms with E-state index in [0.717, 1.165) is 37.2 Å². The van der Waals surface area contributed by atoms with Gasteiger partial charge in [-0.25, -0.2) is 4.98 Å². The number of carbonyl (C=O) groups excluding carboxylic acids is 1. The Morgan fingerprint density at radius 2 is 1.79 bits per heavy atom. The van der Waals surface area contributed by atoms with Gasteiger partial charge in [-0.1, -0.05) is 42.5 Å². The molecule has 2 bridgehead atoms. The maximum absolute atomic E-state index is 13.1. The number of hydrogen-bond acceptors (Lipinski definition) is 3. The zero-order chi connectivity index (χ0) is 18.9. The third kappa shape index (κ3) is 3.42. The first-order valence-corrected chi connectivity index (χ1v) is 10.2. The first-order chi connectivity index (χ1) is 13.8. The number of para-hydroxylation sites is 2. The Kier molecular flexibility index (Phi) is 4.61. The number of fused-ring (bicyclic) bond motifs is 5. The van der Waals surface area contributed by atoms with Crippen LogP contribution in [-0.2, 0) is 17.9 Å². The Morgan fingerprint density at radius 3 is 2.68 bits per heavy atom. The van der Waals surface area contributed by atoms with E-state index < -0.39 is 0 Å². The summed E-state index contributed by atoms with van der Waals surface area (Å²) >= 11 is 0. The third-order valence-corrected chi connectivity index (χ3v) is 6.24. The van der Waals surface area contributed by atoms with Crippen molar-refractivity contribution in [2.24, 2.45) is 5.92 Å². The van der Waals surface area contributed by atoms with E-state index in [2.05, 4.69) is 45.1 Å². The zero-order valence-corrected chi connectivity index (χ0v) is 16.1. The second-order valence-corrected chi connectivity index (χ2v) is 8.17. The summed E-state index contributed by atoms with van der Waals surface area (Å²) in [5.41, 5.74) is 3.33. The molecule has 5 heteroatoms. The van der Waals surface area contributed by atoms with Crippen LogP contribution in [0.4, 0.5) is 0 Å². The lowest BCUT2D eigenvalue weighted by Gasteiger charge is -2.36. The molecule has 0 spiro atoms. The molecule has 1 aromatic heterocycles. The van der Waals surface area contributed by atoms with Crippen LogP contribution >= 0.6 is 0 Å². The van der Waals surface area contributed by atoms with Gasteiger partial charge in [-0.3, -0.25) is 9.69 Å². The first kappa shape index (κ1) is 17.4. The summed E-state index contributed by atoms with van der Waals surface area (Å²) in [5.74, 6) is 0.785. The molecule has 0 unspecified atom stereocenters. The fraction of sp³-hybridized carbons (Fsp3) is 0.391. The van der Waals surface area contributed by atoms with Crippen LogP contribution in [0, 0.1) is 5.92 Å². The second-order valence-electron chi connectivity index (χ2n) is 8.17. The summed E-state index contributed by atoms with van der Waals surface area (Å²) in [6.45, 7) is 4.17. The van der Waals surface area contributed by atoms with E-state index in [1.54, 1.807) is 6.33 Å². The van der Waals surface area contributed by atoms with Crippen LogP contribution < -0.4 is 0 Å². The lowest BCUT2D eigenvalue weighted by atomic mass is 9.94. The van der Waals surface area contributed by atoms with Gasteiger partial charge in [0.2, 0.25) is 5.91 Å². The molecule has 28 heavy (non-hydrogen) atoms. The molecule has 0 N–H and O–H groups in total. The number of nitrogens with zero attached hydrogens (tertiary/aromatic N) is 4. The maximum atomic E-state index is 13.1. The molecule has 3 saturated heterocycles. The average molecular weight is 374 g/mol. The number of carbonyl (C=O) groups is 1. The molecule has 144 valence electrons. The van der Waals surface area contributed by atoms with Gasteiger partial charge in [0.25, 0.3) is 0 Å². The largest absolute Gasteiger partial charge is 0.339 e. The van der Waals surface area contributed by atoms with Crippen LogP contribution in [-0.4, -0.2) is 50.9 Å². The summed E-state index contributed by atoms with van der Waals surface area (Å²) in [7, 11) is 0. The molecule has 3 aliphatic rings. The van der Waals surface area contributed by atoms with Gasteiger partial charge in [0, 0.05) is 32.2 Å². The normalized spacial score (nSPS) is 22.5. The number of rotatable bonds is 4. The Bertz CT molecular complexity index is 967. The molecule has 6 rings (SSSR count). The minimum atomic E-state index is 0.210. The predicted octanol–water partition coefficient (Wildman–Crippen LogP) is 3.16. The minimum Gasteiger partial charge on any atom is -0.339 e. The molecular formula is C23H26N4O. The summed E-state index contributed by atoms with van der Waals surface area (Å²) in [4.78, 5) is 22.2. The molecule has 3 aromatic rings. The molecule has 1 amide bonds. The Labute approximate surface area is 165 Å². The van der Waals surface area contributed by atoms with E-state index in [4.69, 9.17) is 0 Å². The summed E-state index contributed by atoms with van der Waals surface area (Å²) in [6, 6.07) is 19.1. The van der Waals surface area contributed by atoms with E-state index in [0.29, 0.717) is 18.5 Å². The van der Waals surface area contributed by atoms with Crippen molar-refractivity contribution in [3.63, 3.8) is 0 Å². The topological polar surface area (TPSA) is 41.4 Å². The van der Waals surface area contributed by atoms with Crippen molar-refractivity contribution in [3.8, 4) is 0 Å². The van der Waals surface area contributed by atoms with E-state index in [1.807, 2.05) is 28.8 Å². The minimum absolute atomic E-state index is 0.210. The first-order valence-electron chi connectivity index (χ1n) is 10.2. The van der Waals surface area contributed by atoms with Gasteiger partial charge < -0.3 is 9.47 Å². The molecule has 3 aliphatic heterocycles. The molecule has 0 saturated carbocycles. The third-order valence-electron chi connectivity index (χ3n) is 6.24.